The van der Waals surface area contributed by atoms with Crippen LogP contribution in [0.25, 0.3) is 0 Å². The average Bonchev–Trinajstić information content (AvgIpc) is 2.43. The van der Waals surface area contributed by atoms with E-state index in [0.717, 1.165) is 12.1 Å². The Morgan fingerprint density at radius 2 is 1.50 bits per heavy atom. The maximum atomic E-state index is 13.4. The first-order valence-corrected chi connectivity index (χ1v) is 5.85. The number of ketones is 1. The van der Waals surface area contributed by atoms with Gasteiger partial charge in [0, 0.05) is 11.1 Å². The lowest BCUT2D eigenvalue weighted by Gasteiger charge is -2.08. The van der Waals surface area contributed by atoms with Crippen LogP contribution in [0.1, 0.15) is 27.6 Å². The van der Waals surface area contributed by atoms with Gasteiger partial charge in [0.05, 0.1) is 0 Å². The van der Waals surface area contributed by atoms with Crippen molar-refractivity contribution >= 4 is 17.4 Å². The summed E-state index contributed by atoms with van der Waals surface area (Å²) in [7, 11) is 0. The van der Waals surface area contributed by atoms with Crippen LogP contribution < -0.4 is 5.32 Å². The molecule has 2 aromatic rings. The second-order valence-electron chi connectivity index (χ2n) is 4.19. The highest BCUT2D eigenvalue weighted by molar-refractivity contribution is 6.06. The fourth-order valence-electron chi connectivity index (χ4n) is 1.68. The highest BCUT2D eigenvalue weighted by atomic mass is 19.1. The van der Waals surface area contributed by atoms with Crippen LogP contribution in [0.15, 0.2) is 42.5 Å². The predicted molar refractivity (Wildman–Crippen MR) is 70.8 cm³/mol. The van der Waals surface area contributed by atoms with Crippen LogP contribution in [0.5, 0.6) is 0 Å². The Hall–Kier alpha value is -2.56. The van der Waals surface area contributed by atoms with Gasteiger partial charge < -0.3 is 5.32 Å². The number of benzene rings is 2. The Labute approximate surface area is 114 Å². The van der Waals surface area contributed by atoms with Crippen LogP contribution in [-0.2, 0) is 0 Å². The summed E-state index contributed by atoms with van der Waals surface area (Å²) in [5.74, 6) is -2.60. The Balaban J connectivity index is 2.29. The first-order chi connectivity index (χ1) is 9.49. The second kappa shape index (κ2) is 5.61. The van der Waals surface area contributed by atoms with Crippen molar-refractivity contribution in [3.8, 4) is 0 Å². The molecule has 0 heterocycles. The van der Waals surface area contributed by atoms with Gasteiger partial charge in [-0.05, 0) is 31.2 Å². The van der Waals surface area contributed by atoms with E-state index in [2.05, 4.69) is 5.32 Å². The number of carbonyl (C=O) groups is 2. The molecule has 1 amide bonds. The van der Waals surface area contributed by atoms with Crippen LogP contribution >= 0.6 is 0 Å². The summed E-state index contributed by atoms with van der Waals surface area (Å²) >= 11 is 0. The van der Waals surface area contributed by atoms with Crippen LogP contribution in [0.3, 0.4) is 0 Å². The van der Waals surface area contributed by atoms with Crippen molar-refractivity contribution in [3.05, 3.63) is 65.2 Å². The van der Waals surface area contributed by atoms with E-state index >= 15 is 0 Å². The van der Waals surface area contributed by atoms with E-state index in [-0.39, 0.29) is 11.3 Å². The molecule has 3 nitrogen and oxygen atoms in total. The molecule has 0 bridgehead atoms. The molecule has 0 aliphatic heterocycles. The maximum Gasteiger partial charge on any atom is 0.255 e. The standard InChI is InChI=1S/C15H11F2NO2/c1-9(19)10-4-2-5-11(8-10)15(20)18-14-12(16)6-3-7-13(14)17/h2-8H,1H3,(H,18,20). The van der Waals surface area contributed by atoms with Gasteiger partial charge in [-0.1, -0.05) is 18.2 Å². The number of hydrogen-bond acceptors (Lipinski definition) is 2. The first kappa shape index (κ1) is 13.9. The molecule has 5 heteroatoms. The number of amides is 1. The van der Waals surface area contributed by atoms with E-state index in [0.29, 0.717) is 5.56 Å². The minimum Gasteiger partial charge on any atom is -0.317 e. The Kier molecular flexibility index (Phi) is 3.89. The lowest BCUT2D eigenvalue weighted by atomic mass is 10.1. The van der Waals surface area contributed by atoms with Gasteiger partial charge in [-0.25, -0.2) is 8.78 Å². The summed E-state index contributed by atoms with van der Waals surface area (Å²) in [5.41, 5.74) is -0.00210. The minimum absolute atomic E-state index is 0.153. The molecule has 0 aromatic heterocycles. The maximum absolute atomic E-state index is 13.4. The summed E-state index contributed by atoms with van der Waals surface area (Å²) in [5, 5.41) is 2.16. The average molecular weight is 275 g/mol. The molecule has 0 radical (unpaired) electrons. The number of hydrogen-bond donors (Lipinski definition) is 1. The molecule has 0 saturated carbocycles. The molecular weight excluding hydrogens is 264 g/mol. The van der Waals surface area contributed by atoms with Gasteiger partial charge in [-0.3, -0.25) is 9.59 Å². The molecule has 1 N–H and O–H groups in total. The van der Waals surface area contributed by atoms with Crippen molar-refractivity contribution in [1.82, 2.24) is 0 Å². The summed E-state index contributed by atoms with van der Waals surface area (Å²) in [6, 6.07) is 9.22. The molecule has 20 heavy (non-hydrogen) atoms. The SMILES string of the molecule is CC(=O)c1cccc(C(=O)Nc2c(F)cccc2F)c1. The number of rotatable bonds is 3. The molecule has 0 aliphatic carbocycles. The molecule has 0 aliphatic rings. The van der Waals surface area contributed by atoms with Crippen molar-refractivity contribution in [2.45, 2.75) is 6.92 Å². The highest BCUT2D eigenvalue weighted by Gasteiger charge is 2.14. The molecule has 102 valence electrons. The van der Waals surface area contributed by atoms with Gasteiger partial charge in [0.2, 0.25) is 0 Å². The fraction of sp³-hybridized carbons (Fsp3) is 0.0667. The number of carbonyl (C=O) groups excluding carboxylic acids is 2. The smallest absolute Gasteiger partial charge is 0.255 e. The zero-order valence-electron chi connectivity index (χ0n) is 10.6. The van der Waals surface area contributed by atoms with Crippen molar-refractivity contribution in [2.24, 2.45) is 0 Å². The minimum atomic E-state index is -0.860. The van der Waals surface area contributed by atoms with Gasteiger partial charge in [0.15, 0.2) is 5.78 Å². The molecular formula is C15H11F2NO2. The summed E-state index contributed by atoms with van der Waals surface area (Å²) in [4.78, 5) is 23.2. The second-order valence-corrected chi connectivity index (χ2v) is 4.19. The summed E-state index contributed by atoms with van der Waals surface area (Å²) in [6.45, 7) is 1.37. The number of halogens is 2. The van der Waals surface area contributed by atoms with Crippen LogP contribution in [0.2, 0.25) is 0 Å². The molecule has 0 saturated heterocycles. The predicted octanol–water partition coefficient (Wildman–Crippen LogP) is 3.42. The third kappa shape index (κ3) is 2.88. The third-order valence-electron chi connectivity index (χ3n) is 2.73. The third-order valence-corrected chi connectivity index (χ3v) is 2.73. The van der Waals surface area contributed by atoms with Gasteiger partial charge >= 0.3 is 0 Å². The lowest BCUT2D eigenvalue weighted by molar-refractivity contribution is 0.101. The topological polar surface area (TPSA) is 46.2 Å². The van der Waals surface area contributed by atoms with Crippen molar-refractivity contribution in [3.63, 3.8) is 0 Å². The van der Waals surface area contributed by atoms with Crippen molar-refractivity contribution < 1.29 is 18.4 Å². The van der Waals surface area contributed by atoms with Crippen molar-refractivity contribution in [1.29, 1.82) is 0 Å². The van der Waals surface area contributed by atoms with E-state index in [9.17, 15) is 18.4 Å². The van der Waals surface area contributed by atoms with Crippen LogP contribution in [0, 0.1) is 11.6 Å². The summed E-state index contributed by atoms with van der Waals surface area (Å²) in [6.07, 6.45) is 0. The van der Waals surface area contributed by atoms with E-state index in [1.807, 2.05) is 0 Å². The highest BCUT2D eigenvalue weighted by Crippen LogP contribution is 2.19. The fourth-order valence-corrected chi connectivity index (χ4v) is 1.68. The van der Waals surface area contributed by atoms with Crippen LogP contribution in [-0.4, -0.2) is 11.7 Å². The monoisotopic (exact) mass is 275 g/mol. The molecule has 0 fully saturated rings. The largest absolute Gasteiger partial charge is 0.317 e. The summed E-state index contributed by atoms with van der Waals surface area (Å²) < 4.78 is 26.9. The van der Waals surface area contributed by atoms with Gasteiger partial charge in [0.1, 0.15) is 17.3 Å². The molecule has 0 atom stereocenters. The number of Topliss-reactive ketones (excluding diaryl/α,β-unsaturated/α-hetero) is 1. The normalized spacial score (nSPS) is 10.2. The Bertz CT molecular complexity index is 663. The van der Waals surface area contributed by atoms with E-state index in [1.54, 1.807) is 6.07 Å². The van der Waals surface area contributed by atoms with Crippen LogP contribution in [0.4, 0.5) is 14.5 Å². The van der Waals surface area contributed by atoms with Gasteiger partial charge in [-0.15, -0.1) is 0 Å². The van der Waals surface area contributed by atoms with E-state index < -0.39 is 23.2 Å². The Morgan fingerprint density at radius 3 is 2.10 bits per heavy atom. The van der Waals surface area contributed by atoms with E-state index in [1.165, 1.54) is 31.2 Å². The lowest BCUT2D eigenvalue weighted by Crippen LogP contribution is -2.14. The van der Waals surface area contributed by atoms with E-state index in [4.69, 9.17) is 0 Å². The van der Waals surface area contributed by atoms with Gasteiger partial charge in [-0.2, -0.15) is 0 Å². The molecule has 2 aromatic carbocycles. The number of para-hydroxylation sites is 1. The Morgan fingerprint density at radius 1 is 0.950 bits per heavy atom. The molecule has 2 rings (SSSR count). The first-order valence-electron chi connectivity index (χ1n) is 5.85. The number of nitrogens with one attached hydrogen (secondary N) is 1. The zero-order chi connectivity index (χ0) is 14.7. The quantitative estimate of drug-likeness (QED) is 0.872. The number of anilines is 1. The zero-order valence-corrected chi connectivity index (χ0v) is 10.6. The molecule has 0 spiro atoms. The molecule has 0 unspecified atom stereocenters. The van der Waals surface area contributed by atoms with Crippen molar-refractivity contribution in [2.75, 3.05) is 5.32 Å². The van der Waals surface area contributed by atoms with Gasteiger partial charge in [0.25, 0.3) is 5.91 Å².